The second-order valence-electron chi connectivity index (χ2n) is 6.21. The van der Waals surface area contributed by atoms with E-state index in [1.54, 1.807) is 6.20 Å². The molecule has 0 aliphatic rings. The van der Waals surface area contributed by atoms with E-state index in [9.17, 15) is 4.79 Å². The first kappa shape index (κ1) is 19.8. The Labute approximate surface area is 156 Å². The lowest BCUT2D eigenvalue weighted by Gasteiger charge is -2.22. The van der Waals surface area contributed by atoms with Gasteiger partial charge < -0.3 is 15.0 Å². The molecule has 1 aromatic carbocycles. The minimum atomic E-state index is -0.0183. The Morgan fingerprint density at radius 2 is 1.81 bits per heavy atom. The van der Waals surface area contributed by atoms with Crippen LogP contribution in [-0.4, -0.2) is 30.6 Å². The van der Waals surface area contributed by atoms with E-state index < -0.39 is 0 Å². The SMILES string of the molecule is CCCN(CCC)c1ccc(NC(=O)CCCOc2ccccc2)cn1. The van der Waals surface area contributed by atoms with Crippen molar-refractivity contribution >= 4 is 17.4 Å². The first-order chi connectivity index (χ1) is 12.7. The first-order valence-electron chi connectivity index (χ1n) is 9.41. The molecule has 2 aromatic rings. The summed E-state index contributed by atoms with van der Waals surface area (Å²) >= 11 is 0. The maximum Gasteiger partial charge on any atom is 0.224 e. The summed E-state index contributed by atoms with van der Waals surface area (Å²) in [6.07, 6.45) is 5.00. The molecule has 0 fully saturated rings. The van der Waals surface area contributed by atoms with Crippen molar-refractivity contribution in [1.29, 1.82) is 0 Å². The molecule has 0 bridgehead atoms. The fraction of sp³-hybridized carbons (Fsp3) is 0.429. The average Bonchev–Trinajstić information content (AvgIpc) is 2.67. The smallest absolute Gasteiger partial charge is 0.224 e. The number of para-hydroxylation sites is 1. The highest BCUT2D eigenvalue weighted by atomic mass is 16.5. The zero-order valence-corrected chi connectivity index (χ0v) is 15.8. The Bertz CT molecular complexity index is 638. The Morgan fingerprint density at radius 3 is 2.42 bits per heavy atom. The van der Waals surface area contributed by atoms with Crippen molar-refractivity contribution in [2.75, 3.05) is 29.9 Å². The summed E-state index contributed by atoms with van der Waals surface area (Å²) in [7, 11) is 0. The van der Waals surface area contributed by atoms with Crippen molar-refractivity contribution in [2.24, 2.45) is 0 Å². The van der Waals surface area contributed by atoms with Crippen LogP contribution in [0.4, 0.5) is 11.5 Å². The monoisotopic (exact) mass is 355 g/mol. The minimum Gasteiger partial charge on any atom is -0.494 e. The van der Waals surface area contributed by atoms with Gasteiger partial charge in [-0.05, 0) is 43.5 Å². The predicted octanol–water partition coefficient (Wildman–Crippen LogP) is 4.51. The van der Waals surface area contributed by atoms with E-state index >= 15 is 0 Å². The van der Waals surface area contributed by atoms with Crippen LogP contribution in [0.5, 0.6) is 5.75 Å². The van der Waals surface area contributed by atoms with Crippen LogP contribution in [0, 0.1) is 0 Å². The second kappa shape index (κ2) is 11.1. The number of rotatable bonds is 11. The van der Waals surface area contributed by atoms with Crippen molar-refractivity contribution in [3.8, 4) is 5.75 Å². The number of carbonyl (C=O) groups is 1. The Kier molecular flexibility index (Phi) is 8.46. The van der Waals surface area contributed by atoms with E-state index in [-0.39, 0.29) is 5.91 Å². The molecule has 0 aliphatic carbocycles. The Morgan fingerprint density at radius 1 is 1.08 bits per heavy atom. The van der Waals surface area contributed by atoms with Gasteiger partial charge in [-0.15, -0.1) is 0 Å². The third kappa shape index (κ3) is 6.75. The van der Waals surface area contributed by atoms with Gasteiger partial charge in [-0.1, -0.05) is 32.0 Å². The van der Waals surface area contributed by atoms with Gasteiger partial charge in [0.25, 0.3) is 0 Å². The van der Waals surface area contributed by atoms with E-state index in [1.165, 1.54) is 0 Å². The van der Waals surface area contributed by atoms with Crippen LogP contribution in [0.2, 0.25) is 0 Å². The van der Waals surface area contributed by atoms with Crippen molar-refractivity contribution in [2.45, 2.75) is 39.5 Å². The highest BCUT2D eigenvalue weighted by molar-refractivity contribution is 5.90. The number of nitrogens with one attached hydrogen (secondary N) is 1. The van der Waals surface area contributed by atoms with Crippen LogP contribution < -0.4 is 15.0 Å². The van der Waals surface area contributed by atoms with Crippen molar-refractivity contribution in [1.82, 2.24) is 4.98 Å². The number of carbonyl (C=O) groups excluding carboxylic acids is 1. The summed E-state index contributed by atoms with van der Waals surface area (Å²) in [6.45, 7) is 6.84. The van der Waals surface area contributed by atoms with Crippen molar-refractivity contribution in [3.05, 3.63) is 48.7 Å². The molecule has 0 saturated carbocycles. The zero-order chi connectivity index (χ0) is 18.6. The molecule has 0 radical (unpaired) electrons. The molecule has 2 rings (SSSR count). The molecule has 5 nitrogen and oxygen atoms in total. The number of hydrogen-bond donors (Lipinski definition) is 1. The first-order valence-corrected chi connectivity index (χ1v) is 9.41. The number of ether oxygens (including phenoxy) is 1. The molecule has 0 unspecified atom stereocenters. The molecular weight excluding hydrogens is 326 g/mol. The lowest BCUT2D eigenvalue weighted by molar-refractivity contribution is -0.116. The molecule has 1 amide bonds. The molecular formula is C21H29N3O2. The van der Waals surface area contributed by atoms with Gasteiger partial charge in [-0.25, -0.2) is 4.98 Å². The van der Waals surface area contributed by atoms with Gasteiger partial charge in [0, 0.05) is 19.5 Å². The second-order valence-corrected chi connectivity index (χ2v) is 6.21. The lowest BCUT2D eigenvalue weighted by atomic mass is 10.3. The van der Waals surface area contributed by atoms with Crippen LogP contribution in [0.1, 0.15) is 39.5 Å². The van der Waals surface area contributed by atoms with Crippen LogP contribution in [-0.2, 0) is 4.79 Å². The fourth-order valence-corrected chi connectivity index (χ4v) is 2.69. The van der Waals surface area contributed by atoms with Crippen LogP contribution in [0.25, 0.3) is 0 Å². The van der Waals surface area contributed by atoms with Gasteiger partial charge in [0.2, 0.25) is 5.91 Å². The number of pyridine rings is 1. The normalized spacial score (nSPS) is 10.4. The Balaban J connectivity index is 1.74. The average molecular weight is 355 g/mol. The number of hydrogen-bond acceptors (Lipinski definition) is 4. The molecule has 1 heterocycles. The van der Waals surface area contributed by atoms with Gasteiger partial charge in [-0.2, -0.15) is 0 Å². The standard InChI is InChI=1S/C21H29N3O2/c1-3-14-24(15-4-2)20-13-12-18(17-22-20)23-21(25)11-8-16-26-19-9-6-5-7-10-19/h5-7,9-10,12-13,17H,3-4,8,11,14-16H2,1-2H3,(H,23,25). The number of anilines is 2. The maximum absolute atomic E-state index is 12.0. The lowest BCUT2D eigenvalue weighted by Crippen LogP contribution is -2.25. The molecule has 1 N–H and O–H groups in total. The molecule has 140 valence electrons. The summed E-state index contributed by atoms with van der Waals surface area (Å²) in [5.41, 5.74) is 0.732. The van der Waals surface area contributed by atoms with Gasteiger partial charge in [0.15, 0.2) is 0 Å². The number of aromatic nitrogens is 1. The highest BCUT2D eigenvalue weighted by Gasteiger charge is 2.07. The van der Waals surface area contributed by atoms with Gasteiger partial charge >= 0.3 is 0 Å². The minimum absolute atomic E-state index is 0.0183. The van der Waals surface area contributed by atoms with E-state index in [4.69, 9.17) is 4.74 Å². The van der Waals surface area contributed by atoms with Gasteiger partial charge in [0.1, 0.15) is 11.6 Å². The summed E-state index contributed by atoms with van der Waals surface area (Å²) < 4.78 is 5.60. The molecule has 0 aliphatic heterocycles. The predicted molar refractivity (Wildman–Crippen MR) is 107 cm³/mol. The quantitative estimate of drug-likeness (QED) is 0.603. The van der Waals surface area contributed by atoms with E-state index in [0.717, 1.165) is 43.2 Å². The maximum atomic E-state index is 12.0. The van der Waals surface area contributed by atoms with Gasteiger partial charge in [0.05, 0.1) is 18.5 Å². The van der Waals surface area contributed by atoms with E-state index in [0.29, 0.717) is 19.4 Å². The molecule has 1 aromatic heterocycles. The number of amides is 1. The number of benzene rings is 1. The van der Waals surface area contributed by atoms with Crippen LogP contribution in [0.15, 0.2) is 48.7 Å². The van der Waals surface area contributed by atoms with Crippen LogP contribution >= 0.6 is 0 Å². The molecule has 5 heteroatoms. The van der Waals surface area contributed by atoms with Gasteiger partial charge in [-0.3, -0.25) is 4.79 Å². The topological polar surface area (TPSA) is 54.5 Å². The molecule has 0 saturated heterocycles. The molecule has 26 heavy (non-hydrogen) atoms. The highest BCUT2D eigenvalue weighted by Crippen LogP contribution is 2.15. The van der Waals surface area contributed by atoms with Crippen molar-refractivity contribution < 1.29 is 9.53 Å². The van der Waals surface area contributed by atoms with Crippen LogP contribution in [0.3, 0.4) is 0 Å². The Hall–Kier alpha value is -2.56. The number of nitrogens with zero attached hydrogens (tertiary/aromatic N) is 2. The van der Waals surface area contributed by atoms with E-state index in [1.807, 2.05) is 42.5 Å². The molecule has 0 atom stereocenters. The largest absolute Gasteiger partial charge is 0.494 e. The summed E-state index contributed by atoms with van der Waals surface area (Å²) in [6, 6.07) is 13.5. The third-order valence-corrected chi connectivity index (χ3v) is 3.90. The summed E-state index contributed by atoms with van der Waals surface area (Å²) in [5.74, 6) is 1.77. The third-order valence-electron chi connectivity index (χ3n) is 3.90. The van der Waals surface area contributed by atoms with E-state index in [2.05, 4.69) is 29.0 Å². The van der Waals surface area contributed by atoms with Crippen molar-refractivity contribution in [3.63, 3.8) is 0 Å². The summed E-state index contributed by atoms with van der Waals surface area (Å²) in [5, 5.41) is 2.90. The summed E-state index contributed by atoms with van der Waals surface area (Å²) in [4.78, 5) is 18.8. The molecule has 0 spiro atoms. The zero-order valence-electron chi connectivity index (χ0n) is 15.8. The fourth-order valence-electron chi connectivity index (χ4n) is 2.69.